The molecular formula is C18H19FN2O5S. The lowest BCUT2D eigenvalue weighted by Gasteiger charge is -2.17. The van der Waals surface area contributed by atoms with E-state index in [1.807, 2.05) is 30.3 Å². The molecular weight excluding hydrogens is 375 g/mol. The van der Waals surface area contributed by atoms with Crippen LogP contribution >= 0.6 is 0 Å². The van der Waals surface area contributed by atoms with Crippen molar-refractivity contribution in [3.05, 3.63) is 65.5 Å². The van der Waals surface area contributed by atoms with Gasteiger partial charge in [-0.2, -0.15) is 0 Å². The number of sulfonamides is 1. The molecule has 0 aliphatic carbocycles. The number of hydrogen-bond donors (Lipinski definition) is 1. The van der Waals surface area contributed by atoms with Crippen LogP contribution in [-0.4, -0.2) is 45.9 Å². The normalized spacial score (nSPS) is 11.1. The summed E-state index contributed by atoms with van der Waals surface area (Å²) in [4.78, 5) is 25.2. The lowest BCUT2D eigenvalue weighted by molar-refractivity contribution is -0.133. The maximum Gasteiger partial charge on any atom is 0.341 e. The van der Waals surface area contributed by atoms with E-state index in [1.54, 1.807) is 7.05 Å². The van der Waals surface area contributed by atoms with Gasteiger partial charge in [-0.05, 0) is 30.8 Å². The zero-order valence-corrected chi connectivity index (χ0v) is 15.6. The number of ether oxygens (including phenoxy) is 1. The first-order valence-electron chi connectivity index (χ1n) is 7.92. The lowest BCUT2D eigenvalue weighted by atomic mass is 10.2. The summed E-state index contributed by atoms with van der Waals surface area (Å²) in [5.41, 5.74) is 0.334. The van der Waals surface area contributed by atoms with E-state index in [0.29, 0.717) is 6.54 Å². The van der Waals surface area contributed by atoms with Gasteiger partial charge in [0.1, 0.15) is 5.82 Å². The number of rotatable bonds is 7. The van der Waals surface area contributed by atoms with Gasteiger partial charge in [0.25, 0.3) is 5.91 Å². The van der Waals surface area contributed by atoms with E-state index in [9.17, 15) is 22.4 Å². The molecule has 0 aromatic heterocycles. The molecule has 9 heteroatoms. The highest BCUT2D eigenvalue weighted by molar-refractivity contribution is 7.89. The minimum absolute atomic E-state index is 0.286. The number of hydrogen-bond acceptors (Lipinski definition) is 5. The summed E-state index contributed by atoms with van der Waals surface area (Å²) in [6, 6.07) is 12.0. The molecule has 2 aromatic rings. The zero-order valence-electron chi connectivity index (χ0n) is 14.8. The van der Waals surface area contributed by atoms with Crippen molar-refractivity contribution in [2.24, 2.45) is 0 Å². The topological polar surface area (TPSA) is 92.8 Å². The van der Waals surface area contributed by atoms with Crippen molar-refractivity contribution in [2.75, 3.05) is 20.7 Å². The van der Waals surface area contributed by atoms with Crippen LogP contribution in [0.25, 0.3) is 0 Å². The Bertz CT molecular complexity index is 932. The van der Waals surface area contributed by atoms with Crippen molar-refractivity contribution in [1.29, 1.82) is 0 Å². The van der Waals surface area contributed by atoms with Crippen LogP contribution in [0.2, 0.25) is 0 Å². The smallest absolute Gasteiger partial charge is 0.341 e. The standard InChI is InChI=1S/C18H19FN2O5S/c1-20-27(24,25)14-8-9-16(19)15(10-14)18(23)26-12-17(22)21(2)11-13-6-4-3-5-7-13/h3-10,20H,11-12H2,1-2H3. The van der Waals surface area contributed by atoms with Gasteiger partial charge in [-0.1, -0.05) is 30.3 Å². The van der Waals surface area contributed by atoms with E-state index in [2.05, 4.69) is 4.72 Å². The third-order valence-electron chi connectivity index (χ3n) is 3.75. The average molecular weight is 394 g/mol. The van der Waals surface area contributed by atoms with Gasteiger partial charge in [0, 0.05) is 13.6 Å². The van der Waals surface area contributed by atoms with E-state index in [0.717, 1.165) is 23.8 Å². The number of benzene rings is 2. The van der Waals surface area contributed by atoms with Gasteiger partial charge in [-0.3, -0.25) is 4.79 Å². The fourth-order valence-corrected chi connectivity index (χ4v) is 2.96. The van der Waals surface area contributed by atoms with Crippen molar-refractivity contribution in [2.45, 2.75) is 11.4 Å². The van der Waals surface area contributed by atoms with Crippen molar-refractivity contribution >= 4 is 21.9 Å². The molecule has 0 saturated carbocycles. The summed E-state index contributed by atoms with van der Waals surface area (Å²) in [5.74, 6) is -2.55. The molecule has 144 valence electrons. The van der Waals surface area contributed by atoms with Crippen LogP contribution in [0.4, 0.5) is 4.39 Å². The first kappa shape index (κ1) is 20.5. The number of amides is 1. The summed E-state index contributed by atoms with van der Waals surface area (Å²) in [6.07, 6.45) is 0. The summed E-state index contributed by atoms with van der Waals surface area (Å²) < 4.78 is 44.3. The van der Waals surface area contributed by atoms with Crippen molar-refractivity contribution in [3.63, 3.8) is 0 Å². The maximum absolute atomic E-state index is 13.9. The Morgan fingerprint density at radius 3 is 2.44 bits per heavy atom. The van der Waals surface area contributed by atoms with Crippen molar-refractivity contribution in [3.8, 4) is 0 Å². The SMILES string of the molecule is CNS(=O)(=O)c1ccc(F)c(C(=O)OCC(=O)N(C)Cc2ccccc2)c1. The lowest BCUT2D eigenvalue weighted by Crippen LogP contribution is -2.31. The highest BCUT2D eigenvalue weighted by atomic mass is 32.2. The van der Waals surface area contributed by atoms with Gasteiger partial charge in [0.2, 0.25) is 10.0 Å². The molecule has 2 rings (SSSR count). The zero-order chi connectivity index (χ0) is 20.0. The number of carbonyl (C=O) groups excluding carboxylic acids is 2. The van der Waals surface area contributed by atoms with E-state index in [1.165, 1.54) is 11.9 Å². The van der Waals surface area contributed by atoms with Gasteiger partial charge in [-0.25, -0.2) is 22.3 Å². The average Bonchev–Trinajstić information content (AvgIpc) is 2.66. The molecule has 0 aliphatic rings. The highest BCUT2D eigenvalue weighted by Gasteiger charge is 2.20. The quantitative estimate of drug-likeness (QED) is 0.720. The Morgan fingerprint density at radius 2 is 1.81 bits per heavy atom. The number of likely N-dealkylation sites (N-methyl/N-ethyl adjacent to an activating group) is 1. The third-order valence-corrected chi connectivity index (χ3v) is 5.16. The molecule has 1 amide bonds. The Labute approximate surface area is 156 Å². The third kappa shape index (κ3) is 5.35. The van der Waals surface area contributed by atoms with Crippen LogP contribution < -0.4 is 4.72 Å². The predicted octanol–water partition coefficient (Wildman–Crippen LogP) is 1.55. The van der Waals surface area contributed by atoms with Gasteiger partial charge in [0.05, 0.1) is 10.5 Å². The highest BCUT2D eigenvalue weighted by Crippen LogP contribution is 2.16. The molecule has 0 spiro atoms. The van der Waals surface area contributed by atoms with E-state index >= 15 is 0 Å². The summed E-state index contributed by atoms with van der Waals surface area (Å²) in [6.45, 7) is -0.272. The van der Waals surface area contributed by atoms with Crippen LogP contribution in [-0.2, 0) is 26.1 Å². The molecule has 0 fully saturated rings. The van der Waals surface area contributed by atoms with Crippen LogP contribution in [0.15, 0.2) is 53.4 Å². The molecule has 7 nitrogen and oxygen atoms in total. The predicted molar refractivity (Wildman–Crippen MR) is 95.8 cm³/mol. The number of carbonyl (C=O) groups is 2. The number of esters is 1. The van der Waals surface area contributed by atoms with Crippen molar-refractivity contribution in [1.82, 2.24) is 9.62 Å². The second-order valence-corrected chi connectivity index (χ2v) is 7.55. The Balaban J connectivity index is 2.03. The molecule has 2 aromatic carbocycles. The van der Waals surface area contributed by atoms with Crippen LogP contribution in [0.1, 0.15) is 15.9 Å². The number of nitrogens with one attached hydrogen (secondary N) is 1. The molecule has 0 atom stereocenters. The summed E-state index contributed by atoms with van der Waals surface area (Å²) in [7, 11) is -1.11. The summed E-state index contributed by atoms with van der Waals surface area (Å²) >= 11 is 0. The maximum atomic E-state index is 13.9. The molecule has 0 unspecified atom stereocenters. The Kier molecular flexibility index (Phi) is 6.65. The van der Waals surface area contributed by atoms with E-state index < -0.39 is 39.9 Å². The molecule has 0 aliphatic heterocycles. The number of nitrogens with zero attached hydrogens (tertiary/aromatic N) is 1. The number of halogens is 1. The largest absolute Gasteiger partial charge is 0.452 e. The fraction of sp³-hybridized carbons (Fsp3) is 0.222. The van der Waals surface area contributed by atoms with Crippen LogP contribution in [0, 0.1) is 5.82 Å². The van der Waals surface area contributed by atoms with Gasteiger partial charge < -0.3 is 9.64 Å². The Morgan fingerprint density at radius 1 is 1.15 bits per heavy atom. The summed E-state index contributed by atoms with van der Waals surface area (Å²) in [5, 5.41) is 0. The minimum Gasteiger partial charge on any atom is -0.452 e. The first-order chi connectivity index (χ1) is 12.7. The van der Waals surface area contributed by atoms with Gasteiger partial charge in [-0.15, -0.1) is 0 Å². The van der Waals surface area contributed by atoms with E-state index in [-0.39, 0.29) is 4.90 Å². The molecule has 27 heavy (non-hydrogen) atoms. The first-order valence-corrected chi connectivity index (χ1v) is 9.41. The molecule has 0 radical (unpaired) electrons. The van der Waals surface area contributed by atoms with E-state index in [4.69, 9.17) is 4.74 Å². The second kappa shape index (κ2) is 8.74. The molecule has 1 N–H and O–H groups in total. The van der Waals surface area contributed by atoms with Crippen molar-refractivity contribution < 1.29 is 27.1 Å². The Hall–Kier alpha value is -2.78. The van der Waals surface area contributed by atoms with Gasteiger partial charge in [0.15, 0.2) is 6.61 Å². The monoisotopic (exact) mass is 394 g/mol. The van der Waals surface area contributed by atoms with Gasteiger partial charge >= 0.3 is 5.97 Å². The molecule has 0 saturated heterocycles. The fourth-order valence-electron chi connectivity index (χ4n) is 2.21. The van der Waals surface area contributed by atoms with Crippen LogP contribution in [0.5, 0.6) is 0 Å². The van der Waals surface area contributed by atoms with Crippen LogP contribution in [0.3, 0.4) is 0 Å². The molecule has 0 heterocycles. The second-order valence-electron chi connectivity index (χ2n) is 5.66. The minimum atomic E-state index is -3.85. The molecule has 0 bridgehead atoms.